The van der Waals surface area contributed by atoms with Gasteiger partial charge in [-0.25, -0.2) is 0 Å². The Balaban J connectivity index is 1.90. The number of ether oxygens (including phenoxy) is 1. The van der Waals surface area contributed by atoms with Crippen molar-refractivity contribution in [1.82, 2.24) is 5.32 Å². The quantitative estimate of drug-likeness (QED) is 0.815. The van der Waals surface area contributed by atoms with E-state index in [-0.39, 0.29) is 6.10 Å². The summed E-state index contributed by atoms with van der Waals surface area (Å²) in [4.78, 5) is 0. The lowest BCUT2D eigenvalue weighted by atomic mass is 10.2. The van der Waals surface area contributed by atoms with Crippen LogP contribution < -0.4 is 5.32 Å². The molecule has 82 valence electrons. The number of nitrogens with one attached hydrogen (secondary N) is 1. The lowest BCUT2D eigenvalue weighted by Gasteiger charge is -2.14. The summed E-state index contributed by atoms with van der Waals surface area (Å²) < 4.78 is 5.59. The number of β-amino-alcohol motifs (C(OH)–C–C–N with tert-alkyl or cyclic N) is 1. The molecule has 1 aliphatic rings. The van der Waals surface area contributed by atoms with E-state index in [0.29, 0.717) is 24.7 Å². The Morgan fingerprint density at radius 2 is 2.20 bits per heavy atom. The Labute approximate surface area is 94.0 Å². The maximum absolute atomic E-state index is 9.52. The molecule has 0 spiro atoms. The van der Waals surface area contributed by atoms with Gasteiger partial charge < -0.3 is 15.2 Å². The van der Waals surface area contributed by atoms with Crippen LogP contribution in [-0.4, -0.2) is 30.4 Å². The van der Waals surface area contributed by atoms with Crippen molar-refractivity contribution in [2.45, 2.75) is 18.8 Å². The highest BCUT2D eigenvalue weighted by atomic mass is 35.5. The van der Waals surface area contributed by atoms with Crippen molar-refractivity contribution < 1.29 is 9.84 Å². The molecular weight excluding hydrogens is 214 g/mol. The second kappa shape index (κ2) is 4.94. The van der Waals surface area contributed by atoms with Crippen LogP contribution in [0.5, 0.6) is 0 Å². The van der Waals surface area contributed by atoms with Crippen LogP contribution in [0.15, 0.2) is 24.3 Å². The summed E-state index contributed by atoms with van der Waals surface area (Å²) in [5.41, 5.74) is 0.957. The smallest absolute Gasteiger partial charge is 0.0974 e. The van der Waals surface area contributed by atoms with Gasteiger partial charge in [-0.2, -0.15) is 0 Å². The molecule has 0 aromatic heterocycles. The molecule has 1 heterocycles. The van der Waals surface area contributed by atoms with Gasteiger partial charge in [-0.15, -0.1) is 0 Å². The SMILES string of the molecule is OC1CNCC1OCc1ccccc1Cl. The van der Waals surface area contributed by atoms with Gasteiger partial charge in [-0.1, -0.05) is 29.8 Å². The van der Waals surface area contributed by atoms with Crippen molar-refractivity contribution in [2.75, 3.05) is 13.1 Å². The van der Waals surface area contributed by atoms with Crippen LogP contribution in [0.3, 0.4) is 0 Å². The van der Waals surface area contributed by atoms with Gasteiger partial charge in [0.1, 0.15) is 0 Å². The van der Waals surface area contributed by atoms with Crippen molar-refractivity contribution in [3.63, 3.8) is 0 Å². The molecule has 0 saturated carbocycles. The number of rotatable bonds is 3. The third kappa shape index (κ3) is 2.69. The molecule has 1 aromatic carbocycles. The third-order valence-electron chi connectivity index (χ3n) is 2.54. The summed E-state index contributed by atoms with van der Waals surface area (Å²) in [5, 5.41) is 13.3. The van der Waals surface area contributed by atoms with E-state index in [0.717, 1.165) is 5.56 Å². The van der Waals surface area contributed by atoms with Crippen LogP contribution in [0.4, 0.5) is 0 Å². The summed E-state index contributed by atoms with van der Waals surface area (Å²) in [7, 11) is 0. The number of benzene rings is 1. The molecule has 15 heavy (non-hydrogen) atoms. The lowest BCUT2D eigenvalue weighted by molar-refractivity contribution is -0.0169. The second-order valence-electron chi connectivity index (χ2n) is 3.67. The fourth-order valence-corrected chi connectivity index (χ4v) is 1.81. The van der Waals surface area contributed by atoms with Crippen molar-refractivity contribution in [2.24, 2.45) is 0 Å². The molecule has 0 aliphatic carbocycles. The molecule has 0 amide bonds. The first kappa shape index (κ1) is 10.9. The highest BCUT2D eigenvalue weighted by molar-refractivity contribution is 6.31. The van der Waals surface area contributed by atoms with Gasteiger partial charge in [0, 0.05) is 18.1 Å². The Kier molecular flexibility index (Phi) is 3.59. The molecule has 2 N–H and O–H groups in total. The summed E-state index contributed by atoms with van der Waals surface area (Å²) in [6, 6.07) is 7.58. The number of aliphatic hydroxyl groups is 1. The van der Waals surface area contributed by atoms with Gasteiger partial charge in [-0.05, 0) is 11.6 Å². The van der Waals surface area contributed by atoms with Crippen LogP contribution in [0.2, 0.25) is 5.02 Å². The Morgan fingerprint density at radius 1 is 1.40 bits per heavy atom. The minimum atomic E-state index is -0.410. The minimum Gasteiger partial charge on any atom is -0.389 e. The Hall–Kier alpha value is -0.610. The van der Waals surface area contributed by atoms with Crippen molar-refractivity contribution in [3.8, 4) is 0 Å². The molecule has 1 aliphatic heterocycles. The molecule has 2 atom stereocenters. The second-order valence-corrected chi connectivity index (χ2v) is 4.07. The Bertz CT molecular complexity index is 332. The van der Waals surface area contributed by atoms with Gasteiger partial charge in [0.2, 0.25) is 0 Å². The zero-order valence-corrected chi connectivity index (χ0v) is 9.07. The van der Waals surface area contributed by atoms with Gasteiger partial charge in [-0.3, -0.25) is 0 Å². The number of hydrogen-bond acceptors (Lipinski definition) is 3. The first-order chi connectivity index (χ1) is 7.27. The summed E-state index contributed by atoms with van der Waals surface area (Å²) in [6.45, 7) is 1.75. The van der Waals surface area contributed by atoms with E-state index in [1.165, 1.54) is 0 Å². The van der Waals surface area contributed by atoms with Crippen LogP contribution in [0, 0.1) is 0 Å². The normalized spacial score (nSPS) is 25.7. The maximum atomic E-state index is 9.52. The molecule has 3 nitrogen and oxygen atoms in total. The zero-order valence-electron chi connectivity index (χ0n) is 8.32. The van der Waals surface area contributed by atoms with Crippen LogP contribution >= 0.6 is 11.6 Å². The fourth-order valence-electron chi connectivity index (χ4n) is 1.62. The lowest BCUT2D eigenvalue weighted by Crippen LogP contribution is -2.26. The van der Waals surface area contributed by atoms with E-state index in [9.17, 15) is 5.11 Å². The van der Waals surface area contributed by atoms with Gasteiger partial charge in [0.25, 0.3) is 0 Å². The van der Waals surface area contributed by atoms with Crippen LogP contribution in [0.1, 0.15) is 5.56 Å². The van der Waals surface area contributed by atoms with E-state index < -0.39 is 6.10 Å². The molecule has 2 rings (SSSR count). The van der Waals surface area contributed by atoms with Crippen LogP contribution in [0.25, 0.3) is 0 Å². The number of halogens is 1. The predicted octanol–water partition coefficient (Wildman–Crippen LogP) is 1.19. The molecule has 0 bridgehead atoms. The van der Waals surface area contributed by atoms with Crippen molar-refractivity contribution in [1.29, 1.82) is 0 Å². The van der Waals surface area contributed by atoms with E-state index >= 15 is 0 Å². The van der Waals surface area contributed by atoms with Crippen LogP contribution in [-0.2, 0) is 11.3 Å². The zero-order chi connectivity index (χ0) is 10.7. The largest absolute Gasteiger partial charge is 0.389 e. The fraction of sp³-hybridized carbons (Fsp3) is 0.455. The average Bonchev–Trinajstić information content (AvgIpc) is 2.63. The molecule has 2 unspecified atom stereocenters. The monoisotopic (exact) mass is 227 g/mol. The first-order valence-corrected chi connectivity index (χ1v) is 5.39. The predicted molar refractivity (Wildman–Crippen MR) is 58.9 cm³/mol. The average molecular weight is 228 g/mol. The van der Waals surface area contributed by atoms with Gasteiger partial charge in [0.05, 0.1) is 18.8 Å². The summed E-state index contributed by atoms with van der Waals surface area (Å²) in [5.74, 6) is 0. The van der Waals surface area contributed by atoms with E-state index in [4.69, 9.17) is 16.3 Å². The summed E-state index contributed by atoms with van der Waals surface area (Å²) in [6.07, 6.45) is -0.534. The molecular formula is C11H14ClNO2. The first-order valence-electron chi connectivity index (χ1n) is 5.01. The molecule has 1 fully saturated rings. The number of aliphatic hydroxyl groups excluding tert-OH is 1. The Morgan fingerprint density at radius 3 is 2.87 bits per heavy atom. The standard InChI is InChI=1S/C11H14ClNO2/c12-9-4-2-1-3-8(9)7-15-11-6-13-5-10(11)14/h1-4,10-11,13-14H,5-7H2. The summed E-state index contributed by atoms with van der Waals surface area (Å²) >= 11 is 5.99. The van der Waals surface area contributed by atoms with E-state index in [2.05, 4.69) is 5.32 Å². The topological polar surface area (TPSA) is 41.5 Å². The van der Waals surface area contributed by atoms with E-state index in [1.807, 2.05) is 24.3 Å². The van der Waals surface area contributed by atoms with Crippen molar-refractivity contribution in [3.05, 3.63) is 34.9 Å². The molecule has 0 radical (unpaired) electrons. The molecule has 1 saturated heterocycles. The maximum Gasteiger partial charge on any atom is 0.0974 e. The molecule has 4 heteroatoms. The minimum absolute atomic E-state index is 0.124. The molecule has 1 aromatic rings. The number of hydrogen-bond donors (Lipinski definition) is 2. The van der Waals surface area contributed by atoms with Gasteiger partial charge >= 0.3 is 0 Å². The van der Waals surface area contributed by atoms with Gasteiger partial charge in [0.15, 0.2) is 0 Å². The third-order valence-corrected chi connectivity index (χ3v) is 2.91. The highest BCUT2D eigenvalue weighted by Gasteiger charge is 2.25. The highest BCUT2D eigenvalue weighted by Crippen LogP contribution is 2.17. The van der Waals surface area contributed by atoms with E-state index in [1.54, 1.807) is 0 Å². The van der Waals surface area contributed by atoms with Crippen molar-refractivity contribution >= 4 is 11.6 Å².